The van der Waals surface area contributed by atoms with Gasteiger partial charge in [0, 0.05) is 12.6 Å². The zero-order chi connectivity index (χ0) is 14.2. The largest absolute Gasteiger partial charge is 0.497 e. The summed E-state index contributed by atoms with van der Waals surface area (Å²) in [7, 11) is 1.75. The molecule has 0 bridgehead atoms. The molecule has 0 heterocycles. The monoisotopic (exact) mass is 273 g/mol. The van der Waals surface area contributed by atoms with E-state index in [0.29, 0.717) is 11.5 Å². The Morgan fingerprint density at radius 1 is 1.35 bits per heavy atom. The van der Waals surface area contributed by atoms with Crippen LogP contribution >= 0.6 is 0 Å². The van der Waals surface area contributed by atoms with Crippen molar-refractivity contribution in [3.63, 3.8) is 0 Å². The Labute approximate surface area is 122 Å². The molecule has 2 aliphatic rings. The first kappa shape index (κ1) is 13.9. The summed E-state index contributed by atoms with van der Waals surface area (Å²) in [4.78, 5) is 0. The number of methoxy groups -OCH3 is 1. The van der Waals surface area contributed by atoms with E-state index in [1.165, 1.54) is 49.8 Å². The third kappa shape index (κ3) is 2.58. The number of benzene rings is 1. The number of fused-ring (bicyclic) bond motifs is 1. The van der Waals surface area contributed by atoms with Crippen LogP contribution < -0.4 is 10.1 Å². The van der Waals surface area contributed by atoms with E-state index in [4.69, 9.17) is 4.74 Å². The summed E-state index contributed by atoms with van der Waals surface area (Å²) in [6, 6.07) is 7.10. The fourth-order valence-corrected chi connectivity index (χ4v) is 3.56. The van der Waals surface area contributed by atoms with Gasteiger partial charge in [-0.05, 0) is 66.7 Å². The zero-order valence-electron chi connectivity index (χ0n) is 13.0. The van der Waals surface area contributed by atoms with E-state index in [9.17, 15) is 0 Å². The van der Waals surface area contributed by atoms with Crippen LogP contribution in [0.3, 0.4) is 0 Å². The Balaban J connectivity index is 1.73. The van der Waals surface area contributed by atoms with Gasteiger partial charge >= 0.3 is 0 Å². The minimum Gasteiger partial charge on any atom is -0.497 e. The standard InChI is InChI=1S/C18H27NO/c1-13(2)18(9-10-18)12-19-17-6-4-5-14-7-8-15(20-3)11-16(14)17/h7-8,11,13,17,19H,4-6,9-10,12H2,1-3H3. The normalized spacial score (nSPS) is 23.5. The van der Waals surface area contributed by atoms with Gasteiger partial charge in [-0.15, -0.1) is 0 Å². The van der Waals surface area contributed by atoms with Gasteiger partial charge in [-0.2, -0.15) is 0 Å². The third-order valence-corrected chi connectivity index (χ3v) is 5.48. The van der Waals surface area contributed by atoms with E-state index < -0.39 is 0 Å². The molecule has 1 aromatic carbocycles. The average molecular weight is 273 g/mol. The molecule has 110 valence electrons. The first-order valence-electron chi connectivity index (χ1n) is 8.05. The average Bonchev–Trinajstić information content (AvgIpc) is 3.25. The predicted octanol–water partition coefficient (Wildman–Crippen LogP) is 4.10. The van der Waals surface area contributed by atoms with Gasteiger partial charge in [0.05, 0.1) is 7.11 Å². The van der Waals surface area contributed by atoms with Crippen molar-refractivity contribution in [2.24, 2.45) is 11.3 Å². The van der Waals surface area contributed by atoms with Crippen molar-refractivity contribution in [3.8, 4) is 5.75 Å². The zero-order valence-corrected chi connectivity index (χ0v) is 13.0. The SMILES string of the molecule is COc1ccc2c(c1)C(NCC1(C(C)C)CC1)CCC2. The number of aryl methyl sites for hydroxylation is 1. The van der Waals surface area contributed by atoms with E-state index >= 15 is 0 Å². The van der Waals surface area contributed by atoms with Crippen LogP contribution in [-0.2, 0) is 6.42 Å². The van der Waals surface area contributed by atoms with Gasteiger partial charge in [0.25, 0.3) is 0 Å². The molecule has 20 heavy (non-hydrogen) atoms. The molecular weight excluding hydrogens is 246 g/mol. The molecule has 2 nitrogen and oxygen atoms in total. The van der Waals surface area contributed by atoms with Gasteiger partial charge in [0.1, 0.15) is 5.75 Å². The highest BCUT2D eigenvalue weighted by Gasteiger charge is 2.45. The van der Waals surface area contributed by atoms with Crippen LogP contribution in [0.25, 0.3) is 0 Å². The summed E-state index contributed by atoms with van der Waals surface area (Å²) in [5.41, 5.74) is 3.55. The molecule has 1 N–H and O–H groups in total. The highest BCUT2D eigenvalue weighted by molar-refractivity contribution is 5.39. The molecular formula is C18H27NO. The van der Waals surface area contributed by atoms with E-state index in [2.05, 4.69) is 37.4 Å². The number of hydrogen-bond acceptors (Lipinski definition) is 2. The first-order chi connectivity index (χ1) is 9.64. The van der Waals surface area contributed by atoms with Crippen LogP contribution in [-0.4, -0.2) is 13.7 Å². The number of ether oxygens (including phenoxy) is 1. The molecule has 0 aliphatic heterocycles. The fourth-order valence-electron chi connectivity index (χ4n) is 3.56. The van der Waals surface area contributed by atoms with Crippen molar-refractivity contribution in [3.05, 3.63) is 29.3 Å². The summed E-state index contributed by atoms with van der Waals surface area (Å²) in [6.07, 6.45) is 6.57. The summed E-state index contributed by atoms with van der Waals surface area (Å²) < 4.78 is 5.40. The molecule has 0 spiro atoms. The van der Waals surface area contributed by atoms with Crippen molar-refractivity contribution >= 4 is 0 Å². The molecule has 2 heteroatoms. The molecule has 3 rings (SSSR count). The highest BCUT2D eigenvalue weighted by Crippen LogP contribution is 2.51. The second-order valence-electron chi connectivity index (χ2n) is 6.91. The van der Waals surface area contributed by atoms with Crippen LogP contribution in [0, 0.1) is 11.3 Å². The van der Waals surface area contributed by atoms with E-state index in [-0.39, 0.29) is 0 Å². The highest BCUT2D eigenvalue weighted by atomic mass is 16.5. The van der Waals surface area contributed by atoms with Gasteiger partial charge in [0.15, 0.2) is 0 Å². The van der Waals surface area contributed by atoms with Crippen molar-refractivity contribution in [2.75, 3.05) is 13.7 Å². The Hall–Kier alpha value is -1.02. The lowest BCUT2D eigenvalue weighted by Gasteiger charge is -2.30. The number of hydrogen-bond donors (Lipinski definition) is 1. The second-order valence-corrected chi connectivity index (χ2v) is 6.91. The Bertz CT molecular complexity index is 476. The molecule has 2 aliphatic carbocycles. The Morgan fingerprint density at radius 2 is 2.15 bits per heavy atom. The van der Waals surface area contributed by atoms with E-state index in [0.717, 1.165) is 11.7 Å². The maximum atomic E-state index is 5.40. The van der Waals surface area contributed by atoms with Gasteiger partial charge in [-0.3, -0.25) is 0 Å². The predicted molar refractivity (Wildman–Crippen MR) is 83.2 cm³/mol. The molecule has 1 atom stereocenters. The van der Waals surface area contributed by atoms with Crippen molar-refractivity contribution < 1.29 is 4.74 Å². The molecule has 0 saturated heterocycles. The molecule has 0 radical (unpaired) electrons. The molecule has 1 fully saturated rings. The van der Waals surface area contributed by atoms with Gasteiger partial charge in [-0.25, -0.2) is 0 Å². The quantitative estimate of drug-likeness (QED) is 0.872. The van der Waals surface area contributed by atoms with Crippen molar-refractivity contribution in [1.29, 1.82) is 0 Å². The van der Waals surface area contributed by atoms with Crippen LogP contribution in [0.4, 0.5) is 0 Å². The smallest absolute Gasteiger partial charge is 0.119 e. The summed E-state index contributed by atoms with van der Waals surface area (Å²) in [6.45, 7) is 5.91. The van der Waals surface area contributed by atoms with Crippen molar-refractivity contribution in [2.45, 2.75) is 52.0 Å². The maximum absolute atomic E-state index is 5.40. The van der Waals surface area contributed by atoms with Crippen LogP contribution in [0.2, 0.25) is 0 Å². The lowest BCUT2D eigenvalue weighted by molar-refractivity contribution is 0.310. The summed E-state index contributed by atoms with van der Waals surface area (Å²) >= 11 is 0. The van der Waals surface area contributed by atoms with Gasteiger partial charge in [-0.1, -0.05) is 19.9 Å². The fraction of sp³-hybridized carbons (Fsp3) is 0.667. The molecule has 0 aromatic heterocycles. The minimum absolute atomic E-state index is 0.519. The van der Waals surface area contributed by atoms with Gasteiger partial charge in [0.2, 0.25) is 0 Å². The molecule has 1 unspecified atom stereocenters. The Kier molecular flexibility index (Phi) is 3.76. The molecule has 0 amide bonds. The molecule has 1 aromatic rings. The lowest BCUT2D eigenvalue weighted by Crippen LogP contribution is -2.32. The second kappa shape index (κ2) is 5.40. The minimum atomic E-state index is 0.519. The van der Waals surface area contributed by atoms with E-state index in [1.807, 2.05) is 0 Å². The summed E-state index contributed by atoms with van der Waals surface area (Å²) in [5.74, 6) is 1.78. The molecule has 1 saturated carbocycles. The van der Waals surface area contributed by atoms with Gasteiger partial charge < -0.3 is 10.1 Å². The van der Waals surface area contributed by atoms with Crippen LogP contribution in [0.15, 0.2) is 18.2 Å². The van der Waals surface area contributed by atoms with Crippen molar-refractivity contribution in [1.82, 2.24) is 5.32 Å². The number of rotatable bonds is 5. The van der Waals surface area contributed by atoms with E-state index in [1.54, 1.807) is 7.11 Å². The maximum Gasteiger partial charge on any atom is 0.119 e. The lowest BCUT2D eigenvalue weighted by atomic mass is 9.86. The first-order valence-corrected chi connectivity index (χ1v) is 8.05. The Morgan fingerprint density at radius 3 is 2.80 bits per heavy atom. The number of nitrogens with one attached hydrogen (secondary N) is 1. The topological polar surface area (TPSA) is 21.3 Å². The van der Waals surface area contributed by atoms with Crippen LogP contribution in [0.1, 0.15) is 56.7 Å². The third-order valence-electron chi connectivity index (χ3n) is 5.48. The van der Waals surface area contributed by atoms with Crippen LogP contribution in [0.5, 0.6) is 5.75 Å². The summed E-state index contributed by atoms with van der Waals surface area (Å²) in [5, 5.41) is 3.86.